The number of hydrogen-bond acceptors (Lipinski definition) is 3. The molecule has 0 aliphatic rings. The highest BCUT2D eigenvalue weighted by molar-refractivity contribution is 5.94. The molecular weight excluding hydrogens is 314 g/mol. The summed E-state index contributed by atoms with van der Waals surface area (Å²) < 4.78 is 11.4. The summed E-state index contributed by atoms with van der Waals surface area (Å²) in [6.07, 6.45) is 0. The predicted octanol–water partition coefficient (Wildman–Crippen LogP) is 4.34. The minimum Gasteiger partial charge on any atom is -0.496 e. The third-order valence-electron chi connectivity index (χ3n) is 4.11. The van der Waals surface area contributed by atoms with E-state index in [-0.39, 0.29) is 11.9 Å². The van der Waals surface area contributed by atoms with Gasteiger partial charge in [0.15, 0.2) is 0 Å². The fourth-order valence-electron chi connectivity index (χ4n) is 2.68. The molecule has 2 rings (SSSR count). The monoisotopic (exact) mass is 341 g/mol. The van der Waals surface area contributed by atoms with Crippen molar-refractivity contribution in [1.29, 1.82) is 0 Å². The fraction of sp³-hybridized carbons (Fsp3) is 0.381. The Hall–Kier alpha value is -2.49. The lowest BCUT2D eigenvalue weighted by atomic mass is 10.1. The molecule has 25 heavy (non-hydrogen) atoms. The van der Waals surface area contributed by atoms with Gasteiger partial charge in [0.05, 0.1) is 7.11 Å². The van der Waals surface area contributed by atoms with Crippen LogP contribution in [0.5, 0.6) is 11.5 Å². The number of hydrogen-bond donors (Lipinski definition) is 1. The van der Waals surface area contributed by atoms with Crippen molar-refractivity contribution < 1.29 is 14.3 Å². The normalized spacial score (nSPS) is 10.7. The summed E-state index contributed by atoms with van der Waals surface area (Å²) in [7, 11) is 1.62. The van der Waals surface area contributed by atoms with Crippen molar-refractivity contribution in [1.82, 2.24) is 5.32 Å². The van der Waals surface area contributed by atoms with Crippen LogP contribution in [0.1, 0.15) is 46.5 Å². The molecule has 0 spiro atoms. The second-order valence-corrected chi connectivity index (χ2v) is 6.65. The van der Waals surface area contributed by atoms with E-state index < -0.39 is 0 Å². The number of carbonyl (C=O) groups is 1. The molecule has 0 saturated heterocycles. The summed E-state index contributed by atoms with van der Waals surface area (Å²) >= 11 is 0. The van der Waals surface area contributed by atoms with Gasteiger partial charge in [0.25, 0.3) is 5.91 Å². The van der Waals surface area contributed by atoms with E-state index in [0.29, 0.717) is 17.9 Å². The van der Waals surface area contributed by atoms with Crippen LogP contribution in [0.2, 0.25) is 0 Å². The number of benzene rings is 2. The zero-order chi connectivity index (χ0) is 18.6. The summed E-state index contributed by atoms with van der Waals surface area (Å²) in [5.74, 6) is 1.47. The van der Waals surface area contributed by atoms with Crippen LogP contribution in [0.4, 0.5) is 0 Å². The van der Waals surface area contributed by atoms with Crippen LogP contribution in [0, 0.1) is 20.8 Å². The van der Waals surface area contributed by atoms with E-state index in [0.717, 1.165) is 22.4 Å². The number of carbonyl (C=O) groups excluding carboxylic acids is 1. The van der Waals surface area contributed by atoms with Gasteiger partial charge in [0.1, 0.15) is 18.1 Å². The van der Waals surface area contributed by atoms with E-state index in [1.54, 1.807) is 13.2 Å². The highest BCUT2D eigenvalue weighted by Gasteiger charge is 2.12. The van der Waals surface area contributed by atoms with Crippen molar-refractivity contribution >= 4 is 5.91 Å². The Morgan fingerprint density at radius 2 is 1.80 bits per heavy atom. The Balaban J connectivity index is 2.25. The van der Waals surface area contributed by atoms with Gasteiger partial charge in [-0.2, -0.15) is 0 Å². The van der Waals surface area contributed by atoms with Gasteiger partial charge in [0.2, 0.25) is 0 Å². The molecule has 2 aromatic rings. The fourth-order valence-corrected chi connectivity index (χ4v) is 2.68. The molecule has 0 saturated carbocycles. The van der Waals surface area contributed by atoms with Gasteiger partial charge in [-0.05, 0) is 75.6 Å². The summed E-state index contributed by atoms with van der Waals surface area (Å²) in [4.78, 5) is 12.2. The molecule has 0 aromatic heterocycles. The van der Waals surface area contributed by atoms with Gasteiger partial charge < -0.3 is 14.8 Å². The minimum absolute atomic E-state index is 0.0900. The van der Waals surface area contributed by atoms with E-state index in [2.05, 4.69) is 25.2 Å². The first-order valence-electron chi connectivity index (χ1n) is 8.50. The Bertz CT molecular complexity index is 766. The van der Waals surface area contributed by atoms with Crippen LogP contribution < -0.4 is 14.8 Å². The molecule has 4 heteroatoms. The van der Waals surface area contributed by atoms with Gasteiger partial charge in [-0.3, -0.25) is 4.79 Å². The molecule has 1 N–H and O–H groups in total. The maximum absolute atomic E-state index is 12.2. The van der Waals surface area contributed by atoms with Crippen LogP contribution in [0.3, 0.4) is 0 Å². The van der Waals surface area contributed by atoms with Gasteiger partial charge in [0, 0.05) is 17.2 Å². The van der Waals surface area contributed by atoms with Crippen molar-refractivity contribution in [3.8, 4) is 11.5 Å². The second kappa shape index (κ2) is 8.06. The zero-order valence-corrected chi connectivity index (χ0v) is 15.9. The van der Waals surface area contributed by atoms with Crippen LogP contribution >= 0.6 is 0 Å². The number of ether oxygens (including phenoxy) is 2. The highest BCUT2D eigenvalue weighted by atomic mass is 16.5. The van der Waals surface area contributed by atoms with Gasteiger partial charge in [-0.15, -0.1) is 0 Å². The number of rotatable bonds is 6. The van der Waals surface area contributed by atoms with E-state index in [1.807, 2.05) is 39.0 Å². The zero-order valence-electron chi connectivity index (χ0n) is 15.9. The summed E-state index contributed by atoms with van der Waals surface area (Å²) in [5, 5.41) is 2.90. The van der Waals surface area contributed by atoms with Crippen LogP contribution in [-0.4, -0.2) is 19.1 Å². The molecule has 2 aromatic carbocycles. The van der Waals surface area contributed by atoms with Crippen molar-refractivity contribution in [2.24, 2.45) is 0 Å². The number of nitrogens with one attached hydrogen (secondary N) is 1. The quantitative estimate of drug-likeness (QED) is 0.850. The Kier molecular flexibility index (Phi) is 6.07. The maximum Gasteiger partial charge on any atom is 0.251 e. The topological polar surface area (TPSA) is 47.6 Å². The average Bonchev–Trinajstić information content (AvgIpc) is 2.55. The van der Waals surface area contributed by atoms with Crippen LogP contribution in [-0.2, 0) is 6.61 Å². The number of amides is 1. The third kappa shape index (κ3) is 4.75. The summed E-state index contributed by atoms with van der Waals surface area (Å²) in [5.41, 5.74) is 4.93. The first-order chi connectivity index (χ1) is 11.8. The van der Waals surface area contributed by atoms with Crippen LogP contribution in [0.15, 0.2) is 30.3 Å². The molecule has 0 atom stereocenters. The minimum atomic E-state index is -0.0958. The van der Waals surface area contributed by atoms with E-state index >= 15 is 0 Å². The molecule has 0 bridgehead atoms. The Morgan fingerprint density at radius 1 is 1.08 bits per heavy atom. The predicted molar refractivity (Wildman–Crippen MR) is 101 cm³/mol. The summed E-state index contributed by atoms with van der Waals surface area (Å²) in [6.45, 7) is 10.4. The lowest BCUT2D eigenvalue weighted by Gasteiger charge is -2.15. The molecule has 1 amide bonds. The lowest BCUT2D eigenvalue weighted by Crippen LogP contribution is -2.30. The van der Waals surface area contributed by atoms with Crippen LogP contribution in [0.25, 0.3) is 0 Å². The third-order valence-corrected chi connectivity index (χ3v) is 4.11. The van der Waals surface area contributed by atoms with Crippen molar-refractivity contribution in [2.45, 2.75) is 47.3 Å². The molecule has 0 unspecified atom stereocenters. The number of methoxy groups -OCH3 is 1. The lowest BCUT2D eigenvalue weighted by molar-refractivity contribution is 0.0943. The van der Waals surface area contributed by atoms with Crippen molar-refractivity contribution in [3.63, 3.8) is 0 Å². The number of aryl methyl sites for hydroxylation is 2. The van der Waals surface area contributed by atoms with Gasteiger partial charge >= 0.3 is 0 Å². The molecule has 4 nitrogen and oxygen atoms in total. The SMILES string of the molecule is COc1ccc(C(=O)NC(C)C)cc1COc1cc(C)cc(C)c1C. The molecular formula is C21H27NO3. The smallest absolute Gasteiger partial charge is 0.251 e. The highest BCUT2D eigenvalue weighted by Crippen LogP contribution is 2.26. The summed E-state index contributed by atoms with van der Waals surface area (Å²) in [6, 6.07) is 9.66. The first-order valence-corrected chi connectivity index (χ1v) is 8.50. The molecule has 0 radical (unpaired) electrons. The molecule has 0 aliphatic carbocycles. The van der Waals surface area contributed by atoms with Gasteiger partial charge in [-0.25, -0.2) is 0 Å². The Labute approximate surface area is 150 Å². The van der Waals surface area contributed by atoms with Crippen molar-refractivity contribution in [2.75, 3.05) is 7.11 Å². The standard InChI is InChI=1S/C21H27NO3/c1-13(2)22-21(23)17-7-8-19(24-6)18(11-17)12-25-20-10-14(3)9-15(4)16(20)5/h7-11,13H,12H2,1-6H3,(H,22,23). The van der Waals surface area contributed by atoms with E-state index in [4.69, 9.17) is 9.47 Å². The van der Waals surface area contributed by atoms with E-state index in [1.165, 1.54) is 5.56 Å². The first kappa shape index (κ1) is 18.8. The molecule has 134 valence electrons. The maximum atomic E-state index is 12.2. The average molecular weight is 341 g/mol. The second-order valence-electron chi connectivity index (χ2n) is 6.65. The van der Waals surface area contributed by atoms with Crippen molar-refractivity contribution in [3.05, 3.63) is 58.1 Å². The molecule has 0 aliphatic heterocycles. The molecule has 0 fully saturated rings. The van der Waals surface area contributed by atoms with E-state index in [9.17, 15) is 4.79 Å². The van der Waals surface area contributed by atoms with Gasteiger partial charge in [-0.1, -0.05) is 6.07 Å². The Morgan fingerprint density at radius 3 is 2.44 bits per heavy atom. The largest absolute Gasteiger partial charge is 0.496 e. The molecule has 0 heterocycles.